The smallest absolute Gasteiger partial charge is 0.335 e. The quantitative estimate of drug-likeness (QED) is 0.393. The number of halogens is 1. The summed E-state index contributed by atoms with van der Waals surface area (Å²) in [5.41, 5.74) is 2.32. The summed E-state index contributed by atoms with van der Waals surface area (Å²) in [5.74, 6) is -0.692. The fourth-order valence-electron chi connectivity index (χ4n) is 2.76. The molecule has 0 bridgehead atoms. The van der Waals surface area contributed by atoms with Crippen LogP contribution in [0.15, 0.2) is 60.3 Å². The van der Waals surface area contributed by atoms with Crippen LogP contribution in [0.1, 0.15) is 15.9 Å². The number of allylic oxidation sites excluding steroid dienone is 1. The van der Waals surface area contributed by atoms with E-state index in [1.165, 1.54) is 30.0 Å². The largest absolute Gasteiger partial charge is 0.478 e. The Kier molecular flexibility index (Phi) is 6.91. The molecule has 0 aliphatic carbocycles. The Bertz CT molecular complexity index is 1110. The molecule has 30 heavy (non-hydrogen) atoms. The van der Waals surface area contributed by atoms with Crippen LogP contribution in [0.2, 0.25) is 5.02 Å². The number of rotatable bonds is 8. The van der Waals surface area contributed by atoms with E-state index in [-0.39, 0.29) is 27.9 Å². The van der Waals surface area contributed by atoms with Gasteiger partial charge in [0, 0.05) is 12.1 Å². The van der Waals surface area contributed by atoms with Gasteiger partial charge in [0.1, 0.15) is 0 Å². The standard InChI is InChI=1S/C21H19ClN4O3S/c1-3-9-26-19(14-6-4-5-13(2)10-14)24-25-21(26)30-12-18(27)23-17-11-15(20(28)29)7-8-16(17)22/h3-8,10-11H,1,9,12H2,2H3,(H,23,27)(H,28,29). The number of hydrogen-bond acceptors (Lipinski definition) is 5. The molecule has 0 atom stereocenters. The van der Waals surface area contributed by atoms with Crippen molar-refractivity contribution in [1.29, 1.82) is 0 Å². The van der Waals surface area contributed by atoms with E-state index in [4.69, 9.17) is 16.7 Å². The van der Waals surface area contributed by atoms with Crippen LogP contribution >= 0.6 is 23.4 Å². The first-order chi connectivity index (χ1) is 14.4. The molecular weight excluding hydrogens is 424 g/mol. The normalized spacial score (nSPS) is 10.6. The number of nitrogens with one attached hydrogen (secondary N) is 1. The van der Waals surface area contributed by atoms with E-state index in [1.807, 2.05) is 35.8 Å². The number of carbonyl (C=O) groups is 2. The lowest BCUT2D eigenvalue weighted by molar-refractivity contribution is -0.113. The fraction of sp³-hybridized carbons (Fsp3) is 0.143. The number of carboxylic acid groups (broad SMARTS) is 1. The van der Waals surface area contributed by atoms with Gasteiger partial charge in [-0.2, -0.15) is 0 Å². The predicted molar refractivity (Wildman–Crippen MR) is 118 cm³/mol. The first-order valence-corrected chi connectivity index (χ1v) is 10.3. The van der Waals surface area contributed by atoms with E-state index in [0.717, 1.165) is 11.1 Å². The van der Waals surface area contributed by atoms with Gasteiger partial charge in [-0.05, 0) is 31.2 Å². The zero-order chi connectivity index (χ0) is 21.7. The molecule has 3 rings (SSSR count). The van der Waals surface area contributed by atoms with Crippen LogP contribution < -0.4 is 5.32 Å². The Morgan fingerprint density at radius 3 is 2.77 bits per heavy atom. The van der Waals surface area contributed by atoms with Crippen LogP contribution in [-0.2, 0) is 11.3 Å². The topological polar surface area (TPSA) is 97.1 Å². The van der Waals surface area contributed by atoms with Gasteiger partial charge >= 0.3 is 5.97 Å². The molecule has 1 heterocycles. The highest BCUT2D eigenvalue weighted by Crippen LogP contribution is 2.26. The van der Waals surface area contributed by atoms with Gasteiger partial charge in [-0.1, -0.05) is 53.2 Å². The van der Waals surface area contributed by atoms with Crippen LogP contribution in [0.4, 0.5) is 5.69 Å². The number of aryl methyl sites for hydroxylation is 1. The van der Waals surface area contributed by atoms with E-state index in [2.05, 4.69) is 22.1 Å². The minimum absolute atomic E-state index is 0.0378. The van der Waals surface area contributed by atoms with Gasteiger partial charge in [0.05, 0.1) is 22.0 Å². The molecule has 0 aliphatic heterocycles. The first-order valence-electron chi connectivity index (χ1n) is 8.95. The van der Waals surface area contributed by atoms with E-state index in [1.54, 1.807) is 6.08 Å². The number of aromatic carboxylic acids is 1. The number of aromatic nitrogens is 3. The molecule has 9 heteroatoms. The molecule has 1 amide bonds. The highest BCUT2D eigenvalue weighted by molar-refractivity contribution is 7.99. The third-order valence-corrected chi connectivity index (χ3v) is 5.42. The van der Waals surface area contributed by atoms with Crippen molar-refractivity contribution < 1.29 is 14.7 Å². The number of anilines is 1. The lowest BCUT2D eigenvalue weighted by atomic mass is 10.1. The second kappa shape index (κ2) is 9.60. The van der Waals surface area contributed by atoms with Crippen LogP contribution in [0.3, 0.4) is 0 Å². The van der Waals surface area contributed by atoms with Crippen molar-refractivity contribution in [1.82, 2.24) is 14.8 Å². The number of thioether (sulfide) groups is 1. The highest BCUT2D eigenvalue weighted by atomic mass is 35.5. The SMILES string of the molecule is C=CCn1c(SCC(=O)Nc2cc(C(=O)O)ccc2Cl)nnc1-c1cccc(C)c1. The number of benzene rings is 2. The summed E-state index contributed by atoms with van der Waals surface area (Å²) in [6.07, 6.45) is 1.74. The molecule has 0 saturated carbocycles. The van der Waals surface area contributed by atoms with E-state index >= 15 is 0 Å². The Morgan fingerprint density at radius 1 is 1.27 bits per heavy atom. The summed E-state index contributed by atoms with van der Waals surface area (Å²) in [5, 5.41) is 21.1. The van der Waals surface area contributed by atoms with E-state index < -0.39 is 5.97 Å². The molecular formula is C21H19ClN4O3S. The summed E-state index contributed by atoms with van der Waals surface area (Å²) >= 11 is 7.28. The van der Waals surface area contributed by atoms with Crippen molar-refractivity contribution in [3.05, 3.63) is 71.3 Å². The molecule has 0 saturated heterocycles. The van der Waals surface area contributed by atoms with E-state index in [9.17, 15) is 9.59 Å². The third-order valence-electron chi connectivity index (χ3n) is 4.12. The van der Waals surface area contributed by atoms with Crippen LogP contribution in [0, 0.1) is 6.92 Å². The summed E-state index contributed by atoms with van der Waals surface area (Å²) in [4.78, 5) is 23.5. The van der Waals surface area contributed by atoms with Crippen molar-refractivity contribution in [2.24, 2.45) is 0 Å². The van der Waals surface area contributed by atoms with Gasteiger partial charge in [0.25, 0.3) is 0 Å². The Labute approximate surface area is 182 Å². The molecule has 0 aliphatic rings. The molecule has 0 unspecified atom stereocenters. The van der Waals surface area contributed by atoms with Crippen molar-refractivity contribution in [2.45, 2.75) is 18.6 Å². The molecule has 154 valence electrons. The van der Waals surface area contributed by atoms with Gasteiger partial charge in [0.15, 0.2) is 11.0 Å². The number of amides is 1. The monoisotopic (exact) mass is 442 g/mol. The Hall–Kier alpha value is -3.10. The van der Waals surface area contributed by atoms with Gasteiger partial charge in [-0.25, -0.2) is 4.79 Å². The molecule has 0 fully saturated rings. The maximum absolute atomic E-state index is 12.4. The molecule has 0 spiro atoms. The zero-order valence-corrected chi connectivity index (χ0v) is 17.7. The van der Waals surface area contributed by atoms with Crippen molar-refractivity contribution in [2.75, 3.05) is 11.1 Å². The molecule has 3 aromatic rings. The van der Waals surface area contributed by atoms with Crippen molar-refractivity contribution in [3.63, 3.8) is 0 Å². The van der Waals surface area contributed by atoms with Crippen molar-refractivity contribution >= 4 is 40.9 Å². The molecule has 1 aromatic heterocycles. The van der Waals surface area contributed by atoms with Gasteiger partial charge < -0.3 is 10.4 Å². The molecule has 2 aromatic carbocycles. The predicted octanol–water partition coefficient (Wildman–Crippen LogP) is 4.52. The molecule has 2 N–H and O–H groups in total. The first kappa shape index (κ1) is 21.6. The summed E-state index contributed by atoms with van der Waals surface area (Å²) in [6.45, 7) is 6.28. The average Bonchev–Trinajstić information content (AvgIpc) is 3.11. The zero-order valence-electron chi connectivity index (χ0n) is 16.1. The van der Waals surface area contributed by atoms with Crippen LogP contribution in [0.5, 0.6) is 0 Å². The molecule has 7 nitrogen and oxygen atoms in total. The highest BCUT2D eigenvalue weighted by Gasteiger charge is 2.16. The van der Waals surface area contributed by atoms with Gasteiger partial charge in [-0.3, -0.25) is 9.36 Å². The third kappa shape index (κ3) is 5.08. The number of nitrogens with zero attached hydrogens (tertiary/aromatic N) is 3. The maximum atomic E-state index is 12.4. The van der Waals surface area contributed by atoms with Crippen LogP contribution in [0.25, 0.3) is 11.4 Å². The minimum Gasteiger partial charge on any atom is -0.478 e. The van der Waals surface area contributed by atoms with E-state index in [0.29, 0.717) is 17.5 Å². The van der Waals surface area contributed by atoms with Gasteiger partial charge in [0.2, 0.25) is 5.91 Å². The second-order valence-corrected chi connectivity index (χ2v) is 7.76. The summed E-state index contributed by atoms with van der Waals surface area (Å²) in [7, 11) is 0. The lowest BCUT2D eigenvalue weighted by Crippen LogP contribution is -2.15. The number of carbonyl (C=O) groups excluding carboxylic acids is 1. The number of hydrogen-bond donors (Lipinski definition) is 2. The second-order valence-electron chi connectivity index (χ2n) is 6.41. The van der Waals surface area contributed by atoms with Gasteiger partial charge in [-0.15, -0.1) is 16.8 Å². The Balaban J connectivity index is 1.74. The minimum atomic E-state index is -1.10. The number of carboxylic acids is 1. The lowest BCUT2D eigenvalue weighted by Gasteiger charge is -2.10. The summed E-state index contributed by atoms with van der Waals surface area (Å²) < 4.78 is 1.89. The average molecular weight is 443 g/mol. The van der Waals surface area contributed by atoms with Crippen molar-refractivity contribution in [3.8, 4) is 11.4 Å². The summed E-state index contributed by atoms with van der Waals surface area (Å²) in [6, 6.07) is 12.1. The Morgan fingerprint density at radius 2 is 2.07 bits per heavy atom. The fourth-order valence-corrected chi connectivity index (χ4v) is 3.67. The maximum Gasteiger partial charge on any atom is 0.335 e. The van der Waals surface area contributed by atoms with Crippen LogP contribution in [-0.4, -0.2) is 37.5 Å². The molecule has 0 radical (unpaired) electrons.